The molecule has 0 heterocycles. The Balaban J connectivity index is 2.40. The van der Waals surface area contributed by atoms with Crippen LogP contribution in [0.25, 0.3) is 0 Å². The molecule has 1 fully saturated rings. The molecule has 1 aliphatic carbocycles. The van der Waals surface area contributed by atoms with Crippen LogP contribution in [0.1, 0.15) is 13.8 Å². The fourth-order valence-electron chi connectivity index (χ4n) is 1.52. The van der Waals surface area contributed by atoms with E-state index in [-0.39, 0.29) is 5.54 Å². The highest BCUT2D eigenvalue weighted by Gasteiger charge is 2.55. The SMILES string of the molecule is CNCC1(N)C(C)C1C. The first-order valence-corrected chi connectivity index (χ1v) is 3.56. The number of hydrogen-bond donors (Lipinski definition) is 2. The Morgan fingerprint density at radius 2 is 1.89 bits per heavy atom. The van der Waals surface area contributed by atoms with E-state index in [2.05, 4.69) is 19.2 Å². The maximum Gasteiger partial charge on any atom is 0.0339 e. The van der Waals surface area contributed by atoms with Crippen molar-refractivity contribution in [3.63, 3.8) is 0 Å². The Kier molecular flexibility index (Phi) is 1.53. The molecule has 0 spiro atoms. The number of nitrogens with one attached hydrogen (secondary N) is 1. The molecule has 2 unspecified atom stereocenters. The van der Waals surface area contributed by atoms with E-state index in [9.17, 15) is 0 Å². The molecule has 1 rings (SSSR count). The van der Waals surface area contributed by atoms with Crippen LogP contribution in [0.15, 0.2) is 0 Å². The second-order valence-corrected chi connectivity index (χ2v) is 3.22. The molecule has 2 nitrogen and oxygen atoms in total. The third-order valence-corrected chi connectivity index (χ3v) is 2.82. The zero-order valence-electron chi connectivity index (χ0n) is 6.44. The van der Waals surface area contributed by atoms with Crippen molar-refractivity contribution in [1.29, 1.82) is 0 Å². The molecule has 2 atom stereocenters. The Morgan fingerprint density at radius 1 is 1.44 bits per heavy atom. The Morgan fingerprint density at radius 3 is 2.00 bits per heavy atom. The largest absolute Gasteiger partial charge is 0.324 e. The summed E-state index contributed by atoms with van der Waals surface area (Å²) in [6, 6.07) is 0. The van der Waals surface area contributed by atoms with Gasteiger partial charge in [0.1, 0.15) is 0 Å². The van der Waals surface area contributed by atoms with Crippen molar-refractivity contribution in [3.05, 3.63) is 0 Å². The van der Waals surface area contributed by atoms with E-state index in [4.69, 9.17) is 5.73 Å². The van der Waals surface area contributed by atoms with Gasteiger partial charge in [0.2, 0.25) is 0 Å². The predicted molar refractivity (Wildman–Crippen MR) is 39.2 cm³/mol. The lowest BCUT2D eigenvalue weighted by Crippen LogP contribution is -2.37. The van der Waals surface area contributed by atoms with Crippen LogP contribution in [0.2, 0.25) is 0 Å². The molecule has 0 aliphatic heterocycles. The Labute approximate surface area is 56.8 Å². The van der Waals surface area contributed by atoms with Gasteiger partial charge < -0.3 is 11.1 Å². The third kappa shape index (κ3) is 0.864. The average Bonchev–Trinajstić information content (AvgIpc) is 2.22. The summed E-state index contributed by atoms with van der Waals surface area (Å²) in [5.41, 5.74) is 6.09. The van der Waals surface area contributed by atoms with Gasteiger partial charge in [-0.3, -0.25) is 0 Å². The van der Waals surface area contributed by atoms with E-state index in [1.165, 1.54) is 0 Å². The number of hydrogen-bond acceptors (Lipinski definition) is 2. The summed E-state index contributed by atoms with van der Waals surface area (Å²) in [4.78, 5) is 0. The highest BCUT2D eigenvalue weighted by Crippen LogP contribution is 2.46. The summed E-state index contributed by atoms with van der Waals surface area (Å²) in [6.07, 6.45) is 0. The molecule has 0 aromatic heterocycles. The molecule has 1 aliphatic rings. The Hall–Kier alpha value is -0.0800. The summed E-state index contributed by atoms with van der Waals surface area (Å²) >= 11 is 0. The normalized spacial score (nSPS) is 49.3. The van der Waals surface area contributed by atoms with Gasteiger partial charge in [-0.25, -0.2) is 0 Å². The van der Waals surface area contributed by atoms with Crippen LogP contribution in [0.5, 0.6) is 0 Å². The second kappa shape index (κ2) is 1.96. The summed E-state index contributed by atoms with van der Waals surface area (Å²) in [7, 11) is 1.95. The van der Waals surface area contributed by atoms with Gasteiger partial charge in [-0.05, 0) is 18.9 Å². The zero-order valence-corrected chi connectivity index (χ0v) is 6.44. The van der Waals surface area contributed by atoms with E-state index in [1.54, 1.807) is 0 Å². The van der Waals surface area contributed by atoms with E-state index in [0.29, 0.717) is 11.8 Å². The smallest absolute Gasteiger partial charge is 0.0339 e. The quantitative estimate of drug-likeness (QED) is 0.557. The predicted octanol–water partition coefficient (Wildman–Crippen LogP) is 0.189. The minimum absolute atomic E-state index is 0.106. The molecule has 0 bridgehead atoms. The van der Waals surface area contributed by atoms with Crippen LogP contribution in [0.4, 0.5) is 0 Å². The maximum absolute atomic E-state index is 5.98. The number of likely N-dealkylation sites (N-methyl/N-ethyl adjacent to an activating group) is 1. The van der Waals surface area contributed by atoms with Crippen molar-refractivity contribution in [1.82, 2.24) is 5.32 Å². The van der Waals surface area contributed by atoms with E-state index in [0.717, 1.165) is 6.54 Å². The summed E-state index contributed by atoms with van der Waals surface area (Å²) < 4.78 is 0. The van der Waals surface area contributed by atoms with Gasteiger partial charge in [0.05, 0.1) is 0 Å². The average molecular weight is 128 g/mol. The third-order valence-electron chi connectivity index (χ3n) is 2.82. The van der Waals surface area contributed by atoms with Crippen molar-refractivity contribution in [3.8, 4) is 0 Å². The summed E-state index contributed by atoms with van der Waals surface area (Å²) in [6.45, 7) is 5.37. The molecule has 0 aromatic carbocycles. The van der Waals surface area contributed by atoms with Crippen LogP contribution in [-0.4, -0.2) is 19.1 Å². The van der Waals surface area contributed by atoms with Crippen molar-refractivity contribution in [2.45, 2.75) is 19.4 Å². The van der Waals surface area contributed by atoms with Crippen molar-refractivity contribution < 1.29 is 0 Å². The van der Waals surface area contributed by atoms with Gasteiger partial charge >= 0.3 is 0 Å². The standard InChI is InChI=1S/C7H16N2/c1-5-6(2)7(5,8)4-9-3/h5-6,9H,4,8H2,1-3H3. The molecular formula is C7H16N2. The van der Waals surface area contributed by atoms with Crippen LogP contribution >= 0.6 is 0 Å². The monoisotopic (exact) mass is 128 g/mol. The van der Waals surface area contributed by atoms with Crippen molar-refractivity contribution in [2.75, 3.05) is 13.6 Å². The van der Waals surface area contributed by atoms with E-state index < -0.39 is 0 Å². The summed E-state index contributed by atoms with van der Waals surface area (Å²) in [5, 5.41) is 3.11. The van der Waals surface area contributed by atoms with E-state index >= 15 is 0 Å². The lowest BCUT2D eigenvalue weighted by Gasteiger charge is -2.08. The van der Waals surface area contributed by atoms with Crippen LogP contribution in [0.3, 0.4) is 0 Å². The Bertz CT molecular complexity index is 103. The molecule has 3 N–H and O–H groups in total. The molecule has 54 valence electrons. The van der Waals surface area contributed by atoms with Gasteiger partial charge in [-0.1, -0.05) is 13.8 Å². The lowest BCUT2D eigenvalue weighted by molar-refractivity contribution is 0.555. The molecule has 9 heavy (non-hydrogen) atoms. The minimum Gasteiger partial charge on any atom is -0.324 e. The minimum atomic E-state index is 0.106. The van der Waals surface area contributed by atoms with Gasteiger partial charge in [0.15, 0.2) is 0 Å². The fourth-order valence-corrected chi connectivity index (χ4v) is 1.52. The first-order valence-electron chi connectivity index (χ1n) is 3.56. The lowest BCUT2D eigenvalue weighted by atomic mass is 10.2. The maximum atomic E-state index is 5.98. The van der Waals surface area contributed by atoms with Gasteiger partial charge in [0.25, 0.3) is 0 Å². The highest BCUT2D eigenvalue weighted by atomic mass is 15.0. The fraction of sp³-hybridized carbons (Fsp3) is 1.00. The van der Waals surface area contributed by atoms with Crippen LogP contribution in [-0.2, 0) is 0 Å². The van der Waals surface area contributed by atoms with Gasteiger partial charge in [-0.2, -0.15) is 0 Å². The topological polar surface area (TPSA) is 38.0 Å². The molecule has 0 amide bonds. The van der Waals surface area contributed by atoms with Crippen molar-refractivity contribution in [2.24, 2.45) is 17.6 Å². The van der Waals surface area contributed by atoms with Crippen LogP contribution < -0.4 is 11.1 Å². The molecule has 0 radical (unpaired) electrons. The summed E-state index contributed by atoms with van der Waals surface area (Å²) in [5.74, 6) is 1.40. The highest BCUT2D eigenvalue weighted by molar-refractivity contribution is 5.12. The molecular weight excluding hydrogens is 112 g/mol. The first-order chi connectivity index (χ1) is 4.13. The molecule has 1 saturated carbocycles. The van der Waals surface area contributed by atoms with Crippen LogP contribution in [0, 0.1) is 11.8 Å². The molecule has 0 saturated heterocycles. The zero-order chi connectivity index (χ0) is 7.07. The molecule has 2 heteroatoms. The first kappa shape index (κ1) is 7.03. The van der Waals surface area contributed by atoms with Crippen molar-refractivity contribution >= 4 is 0 Å². The number of rotatable bonds is 2. The van der Waals surface area contributed by atoms with Gasteiger partial charge in [-0.15, -0.1) is 0 Å². The molecule has 0 aromatic rings. The second-order valence-electron chi connectivity index (χ2n) is 3.22. The van der Waals surface area contributed by atoms with E-state index in [1.807, 2.05) is 7.05 Å². The van der Waals surface area contributed by atoms with Gasteiger partial charge in [0, 0.05) is 12.1 Å². The number of nitrogens with two attached hydrogens (primary N) is 1.